The molecule has 0 aromatic carbocycles. The number of aliphatic carboxylic acids is 1. The first-order valence-electron chi connectivity index (χ1n) is 5.35. The van der Waals surface area contributed by atoms with Gasteiger partial charge in [-0.05, 0) is 12.5 Å². The third-order valence-corrected chi connectivity index (χ3v) is 4.02. The van der Waals surface area contributed by atoms with E-state index in [9.17, 15) is 18.0 Å². The molecule has 0 aliphatic heterocycles. The summed E-state index contributed by atoms with van der Waals surface area (Å²) in [4.78, 5) is 25.2. The van der Waals surface area contributed by atoms with E-state index >= 15 is 0 Å². The topological polar surface area (TPSA) is 116 Å². The molecule has 0 spiro atoms. The molecule has 1 atom stereocenters. The number of carboxylic acids is 1. The second-order valence-electron chi connectivity index (χ2n) is 4.13. The van der Waals surface area contributed by atoms with E-state index in [0.717, 1.165) is 6.26 Å². The van der Waals surface area contributed by atoms with Crippen LogP contribution in [0.5, 0.6) is 0 Å². The van der Waals surface area contributed by atoms with Crippen molar-refractivity contribution in [2.45, 2.75) is 12.5 Å². The number of H-pyrrole nitrogens is 1. The molecule has 0 aliphatic rings. The Hall–Kier alpha value is -1.25. The molecule has 1 aromatic rings. The highest BCUT2D eigenvalue weighted by molar-refractivity contribution is 7.90. The van der Waals surface area contributed by atoms with Gasteiger partial charge in [0.15, 0.2) is 0 Å². The second-order valence-corrected chi connectivity index (χ2v) is 7.17. The molecule has 0 aliphatic carbocycles. The Labute approximate surface area is 125 Å². The first-order valence-corrected chi connectivity index (χ1v) is 8.17. The molecule has 0 bridgehead atoms. The summed E-state index contributed by atoms with van der Waals surface area (Å²) < 4.78 is 22.0. The van der Waals surface area contributed by atoms with Gasteiger partial charge in [-0.15, -0.1) is 0 Å². The summed E-state index contributed by atoms with van der Waals surface area (Å²) in [6, 6.07) is -0.0765. The van der Waals surface area contributed by atoms with Crippen LogP contribution in [0, 0.1) is 0 Å². The van der Waals surface area contributed by atoms with E-state index in [-0.39, 0.29) is 28.0 Å². The highest BCUT2D eigenvalue weighted by Crippen LogP contribution is 2.21. The van der Waals surface area contributed by atoms with Crippen LogP contribution in [0.1, 0.15) is 16.9 Å². The first-order chi connectivity index (χ1) is 9.10. The predicted octanol–water partition coefficient (Wildman–Crippen LogP) is 0.939. The second kappa shape index (κ2) is 6.47. The van der Waals surface area contributed by atoms with Gasteiger partial charge in [0, 0.05) is 6.26 Å². The average molecular weight is 343 g/mol. The number of sulfone groups is 1. The van der Waals surface area contributed by atoms with Crippen molar-refractivity contribution in [2.24, 2.45) is 0 Å². The Bertz CT molecular complexity index is 606. The number of carbonyl (C=O) groups is 2. The number of carbonyl (C=O) groups excluding carboxylic acids is 1. The van der Waals surface area contributed by atoms with E-state index in [1.165, 1.54) is 6.07 Å². The number of amides is 1. The van der Waals surface area contributed by atoms with E-state index in [0.29, 0.717) is 0 Å². The quantitative estimate of drug-likeness (QED) is 0.711. The fourth-order valence-electron chi connectivity index (χ4n) is 1.35. The minimum atomic E-state index is -3.32. The van der Waals surface area contributed by atoms with Gasteiger partial charge in [0.2, 0.25) is 0 Å². The molecule has 1 rings (SSSR count). The van der Waals surface area contributed by atoms with Crippen LogP contribution in [-0.2, 0) is 14.6 Å². The molecule has 1 unspecified atom stereocenters. The fraction of sp³-hybridized carbons (Fsp3) is 0.400. The van der Waals surface area contributed by atoms with Crippen LogP contribution < -0.4 is 5.32 Å². The number of aromatic nitrogens is 1. The summed E-state index contributed by atoms with van der Waals surface area (Å²) >= 11 is 11.3. The van der Waals surface area contributed by atoms with Crippen molar-refractivity contribution in [1.29, 1.82) is 0 Å². The van der Waals surface area contributed by atoms with Gasteiger partial charge in [0.05, 0.1) is 10.8 Å². The van der Waals surface area contributed by atoms with Crippen molar-refractivity contribution in [3.8, 4) is 0 Å². The molecular formula is C10H12Cl2N2O5S. The lowest BCUT2D eigenvalue weighted by molar-refractivity contribution is -0.139. The summed E-state index contributed by atoms with van der Waals surface area (Å²) in [6.07, 6.45) is 0.750. The molecule has 20 heavy (non-hydrogen) atoms. The van der Waals surface area contributed by atoms with Gasteiger partial charge in [-0.2, -0.15) is 0 Å². The molecular weight excluding hydrogens is 331 g/mol. The lowest BCUT2D eigenvalue weighted by atomic mass is 10.2. The Morgan fingerprint density at radius 2 is 2.05 bits per heavy atom. The van der Waals surface area contributed by atoms with Crippen LogP contribution in [0.2, 0.25) is 10.2 Å². The van der Waals surface area contributed by atoms with Crippen LogP contribution in [0.4, 0.5) is 0 Å². The zero-order valence-corrected chi connectivity index (χ0v) is 12.6. The maximum atomic E-state index is 11.8. The smallest absolute Gasteiger partial charge is 0.326 e. The van der Waals surface area contributed by atoms with E-state index < -0.39 is 27.8 Å². The van der Waals surface area contributed by atoms with E-state index in [4.69, 9.17) is 28.3 Å². The van der Waals surface area contributed by atoms with Gasteiger partial charge < -0.3 is 15.4 Å². The molecule has 0 radical (unpaired) electrons. The average Bonchev–Trinajstić information content (AvgIpc) is 2.63. The van der Waals surface area contributed by atoms with Gasteiger partial charge in [-0.25, -0.2) is 13.2 Å². The third-order valence-electron chi connectivity index (χ3n) is 2.35. The van der Waals surface area contributed by atoms with Crippen molar-refractivity contribution in [3.63, 3.8) is 0 Å². The molecule has 0 saturated heterocycles. The molecule has 112 valence electrons. The largest absolute Gasteiger partial charge is 0.480 e. The first kappa shape index (κ1) is 16.8. The SMILES string of the molecule is CS(=O)(=O)CCC(NC(=O)c1cc(Cl)c(Cl)[nH]1)C(=O)O. The third kappa shape index (κ3) is 5.03. The lowest BCUT2D eigenvalue weighted by Crippen LogP contribution is -2.42. The van der Waals surface area contributed by atoms with Crippen molar-refractivity contribution in [2.75, 3.05) is 12.0 Å². The van der Waals surface area contributed by atoms with Crippen molar-refractivity contribution in [3.05, 3.63) is 21.9 Å². The van der Waals surface area contributed by atoms with E-state index in [1.54, 1.807) is 0 Å². The van der Waals surface area contributed by atoms with Gasteiger partial charge in [-0.1, -0.05) is 23.2 Å². The summed E-state index contributed by atoms with van der Waals surface area (Å²) in [5.74, 6) is -2.42. The Morgan fingerprint density at radius 3 is 2.45 bits per heavy atom. The number of nitrogens with one attached hydrogen (secondary N) is 2. The van der Waals surface area contributed by atoms with Crippen LogP contribution in [0.15, 0.2) is 6.07 Å². The lowest BCUT2D eigenvalue weighted by Gasteiger charge is -2.13. The standard InChI is InChI=1S/C10H12Cl2N2O5S/c1-20(18,19)3-2-6(10(16)17)14-9(15)7-4-5(11)8(12)13-7/h4,6,13H,2-3H2,1H3,(H,14,15)(H,16,17). The Balaban J connectivity index is 2.75. The summed E-state index contributed by atoms with van der Waals surface area (Å²) in [7, 11) is -3.32. The van der Waals surface area contributed by atoms with Crippen molar-refractivity contribution < 1.29 is 23.1 Å². The molecule has 0 saturated carbocycles. The number of aromatic amines is 1. The monoisotopic (exact) mass is 342 g/mol. The summed E-state index contributed by atoms with van der Waals surface area (Å²) in [5, 5.41) is 11.3. The van der Waals surface area contributed by atoms with Gasteiger partial charge in [0.25, 0.3) is 5.91 Å². The predicted molar refractivity (Wildman–Crippen MR) is 74.0 cm³/mol. The molecule has 10 heteroatoms. The van der Waals surface area contributed by atoms with Crippen molar-refractivity contribution in [1.82, 2.24) is 10.3 Å². The molecule has 1 aromatic heterocycles. The van der Waals surface area contributed by atoms with E-state index in [1.807, 2.05) is 0 Å². The summed E-state index contributed by atoms with van der Waals surface area (Å²) in [5.41, 5.74) is -0.00870. The van der Waals surface area contributed by atoms with Crippen LogP contribution in [0.25, 0.3) is 0 Å². The van der Waals surface area contributed by atoms with Crippen molar-refractivity contribution >= 4 is 44.9 Å². The number of carboxylic acid groups (broad SMARTS) is 1. The minimum Gasteiger partial charge on any atom is -0.480 e. The molecule has 0 fully saturated rings. The Morgan fingerprint density at radius 1 is 1.45 bits per heavy atom. The van der Waals surface area contributed by atoms with E-state index in [2.05, 4.69) is 10.3 Å². The summed E-state index contributed by atoms with van der Waals surface area (Å²) in [6.45, 7) is 0. The van der Waals surface area contributed by atoms with Gasteiger partial charge in [-0.3, -0.25) is 4.79 Å². The fourth-order valence-corrected chi connectivity index (χ4v) is 2.33. The molecule has 3 N–H and O–H groups in total. The normalized spacial score (nSPS) is 12.9. The van der Waals surface area contributed by atoms with Crippen LogP contribution in [0.3, 0.4) is 0 Å². The zero-order valence-electron chi connectivity index (χ0n) is 10.3. The number of hydrogen-bond acceptors (Lipinski definition) is 4. The number of hydrogen-bond donors (Lipinski definition) is 3. The van der Waals surface area contributed by atoms with Gasteiger partial charge >= 0.3 is 5.97 Å². The van der Waals surface area contributed by atoms with Gasteiger partial charge in [0.1, 0.15) is 26.7 Å². The highest BCUT2D eigenvalue weighted by atomic mass is 35.5. The number of rotatable bonds is 6. The Kier molecular flexibility index (Phi) is 5.43. The number of halogens is 2. The maximum absolute atomic E-state index is 11.8. The maximum Gasteiger partial charge on any atom is 0.326 e. The minimum absolute atomic E-state index is 0.00870. The molecule has 1 heterocycles. The molecule has 7 nitrogen and oxygen atoms in total. The highest BCUT2D eigenvalue weighted by Gasteiger charge is 2.23. The zero-order chi connectivity index (χ0) is 15.5. The van der Waals surface area contributed by atoms with Crippen LogP contribution in [-0.4, -0.2) is 48.4 Å². The molecule has 1 amide bonds. The van der Waals surface area contributed by atoms with Crippen LogP contribution >= 0.6 is 23.2 Å².